The standard InChI is InChI=1S/C13H20ClN3O/c1-9-12(14)10(17(3)16-9)7-11(18)13(2)5-4-6-15-8-13/h15H,4-8H2,1-3H3. The van der Waals surface area contributed by atoms with E-state index >= 15 is 0 Å². The Morgan fingerprint density at radius 3 is 2.83 bits per heavy atom. The van der Waals surface area contributed by atoms with Crippen molar-refractivity contribution in [2.24, 2.45) is 12.5 Å². The number of rotatable bonds is 3. The summed E-state index contributed by atoms with van der Waals surface area (Å²) in [5, 5.41) is 8.17. The highest BCUT2D eigenvalue weighted by molar-refractivity contribution is 6.32. The smallest absolute Gasteiger partial charge is 0.146 e. The van der Waals surface area contributed by atoms with E-state index in [4.69, 9.17) is 11.6 Å². The van der Waals surface area contributed by atoms with E-state index in [1.54, 1.807) is 4.68 Å². The second kappa shape index (κ2) is 5.02. The molecule has 1 aliphatic heterocycles. The summed E-state index contributed by atoms with van der Waals surface area (Å²) in [7, 11) is 1.84. The lowest BCUT2D eigenvalue weighted by molar-refractivity contribution is -0.128. The van der Waals surface area contributed by atoms with Crippen molar-refractivity contribution in [2.75, 3.05) is 13.1 Å². The van der Waals surface area contributed by atoms with Gasteiger partial charge in [-0.05, 0) is 26.3 Å². The van der Waals surface area contributed by atoms with Crippen molar-refractivity contribution in [2.45, 2.75) is 33.1 Å². The molecule has 1 unspecified atom stereocenters. The van der Waals surface area contributed by atoms with Gasteiger partial charge >= 0.3 is 0 Å². The van der Waals surface area contributed by atoms with Gasteiger partial charge in [0.05, 0.1) is 22.8 Å². The molecular weight excluding hydrogens is 250 g/mol. The summed E-state index contributed by atoms with van der Waals surface area (Å²) in [4.78, 5) is 12.5. The predicted octanol–water partition coefficient (Wildman–Crippen LogP) is 1.88. The Hall–Kier alpha value is -0.870. The van der Waals surface area contributed by atoms with Crippen LogP contribution in [0.2, 0.25) is 5.02 Å². The minimum Gasteiger partial charge on any atom is -0.316 e. The molecule has 1 aliphatic rings. The number of aryl methyl sites for hydroxylation is 2. The highest BCUT2D eigenvalue weighted by atomic mass is 35.5. The molecule has 0 aliphatic carbocycles. The van der Waals surface area contributed by atoms with Crippen LogP contribution < -0.4 is 5.32 Å². The number of halogens is 1. The van der Waals surface area contributed by atoms with Gasteiger partial charge in [-0.2, -0.15) is 5.10 Å². The molecule has 1 atom stereocenters. The van der Waals surface area contributed by atoms with Crippen molar-refractivity contribution in [1.82, 2.24) is 15.1 Å². The van der Waals surface area contributed by atoms with Crippen LogP contribution in [0.4, 0.5) is 0 Å². The Labute approximate surface area is 113 Å². The van der Waals surface area contributed by atoms with Gasteiger partial charge in [0.1, 0.15) is 5.78 Å². The average Bonchev–Trinajstić information content (AvgIpc) is 2.57. The second-order valence-electron chi connectivity index (χ2n) is 5.41. The maximum atomic E-state index is 12.5. The Kier molecular flexibility index (Phi) is 3.78. The summed E-state index contributed by atoms with van der Waals surface area (Å²) >= 11 is 6.19. The number of hydrogen-bond acceptors (Lipinski definition) is 3. The van der Waals surface area contributed by atoms with Crippen LogP contribution in [0.5, 0.6) is 0 Å². The van der Waals surface area contributed by atoms with Crippen molar-refractivity contribution in [3.63, 3.8) is 0 Å². The minimum atomic E-state index is -0.264. The maximum absolute atomic E-state index is 12.5. The number of nitrogens with one attached hydrogen (secondary N) is 1. The third-order valence-corrected chi connectivity index (χ3v) is 4.35. The number of carbonyl (C=O) groups is 1. The van der Waals surface area contributed by atoms with E-state index in [9.17, 15) is 4.79 Å². The van der Waals surface area contributed by atoms with Crippen molar-refractivity contribution in [3.8, 4) is 0 Å². The van der Waals surface area contributed by atoms with Gasteiger partial charge in [0.2, 0.25) is 0 Å². The third kappa shape index (κ3) is 2.45. The van der Waals surface area contributed by atoms with Gasteiger partial charge in [-0.15, -0.1) is 0 Å². The Balaban J connectivity index is 2.16. The molecular formula is C13H20ClN3O. The first-order valence-electron chi connectivity index (χ1n) is 6.36. The SMILES string of the molecule is Cc1nn(C)c(CC(=O)C2(C)CCCNC2)c1Cl. The van der Waals surface area contributed by atoms with Gasteiger partial charge in [0.15, 0.2) is 0 Å². The minimum absolute atomic E-state index is 0.250. The van der Waals surface area contributed by atoms with E-state index in [0.29, 0.717) is 11.4 Å². The van der Waals surface area contributed by atoms with Gasteiger partial charge in [0.25, 0.3) is 0 Å². The molecule has 2 heterocycles. The molecule has 0 aromatic carbocycles. The number of Topliss-reactive ketones (excluding diaryl/α,β-unsaturated/α-hetero) is 1. The van der Waals surface area contributed by atoms with Crippen molar-refractivity contribution in [3.05, 3.63) is 16.4 Å². The number of carbonyl (C=O) groups excluding carboxylic acids is 1. The van der Waals surface area contributed by atoms with E-state index in [-0.39, 0.29) is 11.2 Å². The fourth-order valence-electron chi connectivity index (χ4n) is 2.53. The number of ketones is 1. The predicted molar refractivity (Wildman–Crippen MR) is 71.9 cm³/mol. The zero-order chi connectivity index (χ0) is 13.3. The maximum Gasteiger partial charge on any atom is 0.146 e. The lowest BCUT2D eigenvalue weighted by Crippen LogP contribution is -2.44. The van der Waals surface area contributed by atoms with Gasteiger partial charge in [-0.3, -0.25) is 9.48 Å². The molecule has 2 rings (SSSR count). The molecule has 0 bridgehead atoms. The topological polar surface area (TPSA) is 46.9 Å². The van der Waals surface area contributed by atoms with Crippen molar-refractivity contribution >= 4 is 17.4 Å². The quantitative estimate of drug-likeness (QED) is 0.912. The highest BCUT2D eigenvalue weighted by Crippen LogP contribution is 2.29. The second-order valence-corrected chi connectivity index (χ2v) is 5.79. The molecule has 0 amide bonds. The molecule has 1 aromatic heterocycles. The van der Waals surface area contributed by atoms with Crippen LogP contribution in [0.25, 0.3) is 0 Å². The molecule has 1 aromatic rings. The van der Waals surface area contributed by atoms with Crippen LogP contribution >= 0.6 is 11.6 Å². The molecule has 0 radical (unpaired) electrons. The molecule has 1 N–H and O–H groups in total. The summed E-state index contributed by atoms with van der Waals surface area (Å²) in [6.07, 6.45) is 2.38. The van der Waals surface area contributed by atoms with Crippen LogP contribution in [-0.2, 0) is 18.3 Å². The van der Waals surface area contributed by atoms with Gasteiger partial charge < -0.3 is 5.32 Å². The molecule has 0 spiro atoms. The van der Waals surface area contributed by atoms with E-state index in [1.165, 1.54) is 0 Å². The Bertz CT molecular complexity index is 461. The Morgan fingerprint density at radius 1 is 1.61 bits per heavy atom. The Morgan fingerprint density at radius 2 is 2.33 bits per heavy atom. The van der Waals surface area contributed by atoms with E-state index in [0.717, 1.165) is 37.3 Å². The number of hydrogen-bond donors (Lipinski definition) is 1. The summed E-state index contributed by atoms with van der Waals surface area (Å²) in [5.74, 6) is 0.250. The summed E-state index contributed by atoms with van der Waals surface area (Å²) in [5.41, 5.74) is 1.35. The van der Waals surface area contributed by atoms with Crippen molar-refractivity contribution in [1.29, 1.82) is 0 Å². The fourth-order valence-corrected chi connectivity index (χ4v) is 2.76. The van der Waals surface area contributed by atoms with Gasteiger partial charge in [-0.1, -0.05) is 18.5 Å². The normalized spacial score (nSPS) is 24.2. The zero-order valence-corrected chi connectivity index (χ0v) is 12.0. The fraction of sp³-hybridized carbons (Fsp3) is 0.692. The molecule has 1 fully saturated rings. The lowest BCUT2D eigenvalue weighted by atomic mass is 9.77. The van der Waals surface area contributed by atoms with Gasteiger partial charge in [0, 0.05) is 19.0 Å². The first-order valence-corrected chi connectivity index (χ1v) is 6.74. The molecule has 4 nitrogen and oxygen atoms in total. The lowest BCUT2D eigenvalue weighted by Gasteiger charge is -2.32. The summed E-state index contributed by atoms with van der Waals surface area (Å²) < 4.78 is 1.72. The first-order chi connectivity index (χ1) is 8.44. The first kappa shape index (κ1) is 13.6. The number of nitrogens with zero attached hydrogens (tertiary/aromatic N) is 2. The van der Waals surface area contributed by atoms with Crippen LogP contribution in [-0.4, -0.2) is 28.7 Å². The van der Waals surface area contributed by atoms with Crippen LogP contribution in [0.3, 0.4) is 0 Å². The molecule has 5 heteroatoms. The monoisotopic (exact) mass is 269 g/mol. The average molecular weight is 270 g/mol. The number of aromatic nitrogens is 2. The molecule has 100 valence electrons. The largest absolute Gasteiger partial charge is 0.316 e. The van der Waals surface area contributed by atoms with Gasteiger partial charge in [-0.25, -0.2) is 0 Å². The molecule has 1 saturated heterocycles. The van der Waals surface area contributed by atoms with E-state index < -0.39 is 0 Å². The van der Waals surface area contributed by atoms with E-state index in [1.807, 2.05) is 20.9 Å². The summed E-state index contributed by atoms with van der Waals surface area (Å²) in [6, 6.07) is 0. The number of piperidine rings is 1. The summed E-state index contributed by atoms with van der Waals surface area (Å²) in [6.45, 7) is 5.67. The molecule has 0 saturated carbocycles. The molecule has 18 heavy (non-hydrogen) atoms. The van der Waals surface area contributed by atoms with Crippen LogP contribution in [0, 0.1) is 12.3 Å². The zero-order valence-electron chi connectivity index (χ0n) is 11.2. The van der Waals surface area contributed by atoms with Crippen molar-refractivity contribution < 1.29 is 4.79 Å². The third-order valence-electron chi connectivity index (χ3n) is 3.86. The van der Waals surface area contributed by atoms with Crippen LogP contribution in [0.1, 0.15) is 31.2 Å². The van der Waals surface area contributed by atoms with Crippen LogP contribution in [0.15, 0.2) is 0 Å². The highest BCUT2D eigenvalue weighted by Gasteiger charge is 2.35. The van der Waals surface area contributed by atoms with E-state index in [2.05, 4.69) is 10.4 Å².